The third-order valence-electron chi connectivity index (χ3n) is 7.37. The van der Waals surface area contributed by atoms with E-state index in [4.69, 9.17) is 49.6 Å². The SMILES string of the molecule is [N-]=[N+]=NCCOCCOCCOCCN1C(=N)c2cc(Oc3ccc4c(c3)C(=O)N(CCOCCOCCOCCN=[N+]=[N-])C4=O)ccc2C1=O. The van der Waals surface area contributed by atoms with E-state index in [0.29, 0.717) is 82.1 Å². The highest BCUT2D eigenvalue weighted by atomic mass is 16.5. The van der Waals surface area contributed by atoms with Crippen LogP contribution in [0.25, 0.3) is 20.9 Å². The van der Waals surface area contributed by atoms with Crippen molar-refractivity contribution in [1.82, 2.24) is 9.80 Å². The summed E-state index contributed by atoms with van der Waals surface area (Å²) in [5, 5.41) is 15.3. The molecule has 0 atom stereocenters. The van der Waals surface area contributed by atoms with E-state index in [0.717, 1.165) is 4.90 Å². The molecular weight excluding hydrogens is 670 g/mol. The van der Waals surface area contributed by atoms with Crippen LogP contribution in [0.2, 0.25) is 0 Å². The molecule has 2 aromatic carbocycles. The Morgan fingerprint density at radius 2 is 0.922 bits per heavy atom. The van der Waals surface area contributed by atoms with Crippen LogP contribution in [0.1, 0.15) is 36.6 Å². The number of carbonyl (C=O) groups excluding carboxylic acids is 3. The third-order valence-corrected chi connectivity index (χ3v) is 7.37. The van der Waals surface area contributed by atoms with Crippen molar-refractivity contribution in [2.75, 3.05) is 105 Å². The first-order valence-electron chi connectivity index (χ1n) is 16.2. The predicted molar refractivity (Wildman–Crippen MR) is 179 cm³/mol. The zero-order chi connectivity index (χ0) is 36.3. The molecule has 0 unspecified atom stereocenters. The van der Waals surface area contributed by atoms with Gasteiger partial charge in [0.15, 0.2) is 0 Å². The van der Waals surface area contributed by atoms with E-state index < -0.39 is 11.8 Å². The zero-order valence-corrected chi connectivity index (χ0v) is 27.9. The molecule has 2 aliphatic rings. The van der Waals surface area contributed by atoms with Crippen LogP contribution < -0.4 is 4.74 Å². The lowest BCUT2D eigenvalue weighted by atomic mass is 10.1. The monoisotopic (exact) mass is 709 g/mol. The molecule has 272 valence electrons. The van der Waals surface area contributed by atoms with Crippen LogP contribution in [0.15, 0.2) is 46.6 Å². The largest absolute Gasteiger partial charge is 0.457 e. The van der Waals surface area contributed by atoms with E-state index in [1.807, 2.05) is 0 Å². The Labute approximate surface area is 293 Å². The second kappa shape index (κ2) is 21.2. The second-order valence-electron chi connectivity index (χ2n) is 10.7. The van der Waals surface area contributed by atoms with Crippen LogP contribution in [-0.4, -0.2) is 139 Å². The molecule has 0 fully saturated rings. The molecule has 2 aromatic rings. The van der Waals surface area contributed by atoms with Gasteiger partial charge in [-0.15, -0.1) is 0 Å². The molecular formula is C32H39N9O10. The summed E-state index contributed by atoms with van der Waals surface area (Å²) < 4.78 is 38.3. The Balaban J connectivity index is 1.16. The number of rotatable bonds is 26. The smallest absolute Gasteiger partial charge is 0.261 e. The molecule has 19 nitrogen and oxygen atoms in total. The molecule has 0 aromatic heterocycles. The van der Waals surface area contributed by atoms with E-state index in [1.165, 1.54) is 17.0 Å². The summed E-state index contributed by atoms with van der Waals surface area (Å²) in [6.07, 6.45) is 0. The fourth-order valence-corrected chi connectivity index (χ4v) is 4.94. The van der Waals surface area contributed by atoms with Gasteiger partial charge in [0, 0.05) is 28.5 Å². The highest BCUT2D eigenvalue weighted by Crippen LogP contribution is 2.32. The number of benzene rings is 2. The Kier molecular flexibility index (Phi) is 16.1. The average Bonchev–Trinajstić information content (AvgIpc) is 3.51. The number of carbonyl (C=O) groups is 3. The molecule has 0 aliphatic carbocycles. The number of azide groups is 2. The lowest BCUT2D eigenvalue weighted by Gasteiger charge is -2.16. The summed E-state index contributed by atoms with van der Waals surface area (Å²) >= 11 is 0. The summed E-state index contributed by atoms with van der Waals surface area (Å²) in [4.78, 5) is 46.6. The van der Waals surface area contributed by atoms with Gasteiger partial charge in [0.1, 0.15) is 17.3 Å². The van der Waals surface area contributed by atoms with Crippen molar-refractivity contribution in [3.8, 4) is 11.5 Å². The van der Waals surface area contributed by atoms with Crippen molar-refractivity contribution >= 4 is 23.6 Å². The first-order valence-corrected chi connectivity index (χ1v) is 16.2. The van der Waals surface area contributed by atoms with Gasteiger partial charge in [0.05, 0.1) is 109 Å². The van der Waals surface area contributed by atoms with Crippen molar-refractivity contribution in [2.45, 2.75) is 0 Å². The van der Waals surface area contributed by atoms with E-state index in [9.17, 15) is 14.4 Å². The van der Waals surface area contributed by atoms with Crippen LogP contribution >= 0.6 is 0 Å². The second-order valence-corrected chi connectivity index (χ2v) is 10.7. The van der Waals surface area contributed by atoms with Gasteiger partial charge in [0.2, 0.25) is 0 Å². The number of nitrogens with zero attached hydrogens (tertiary/aromatic N) is 8. The number of nitrogens with one attached hydrogen (secondary N) is 1. The molecule has 1 N–H and O–H groups in total. The number of hydrogen-bond donors (Lipinski definition) is 1. The number of amidine groups is 1. The molecule has 0 radical (unpaired) electrons. The van der Waals surface area contributed by atoms with Crippen molar-refractivity contribution in [1.29, 1.82) is 5.41 Å². The first-order chi connectivity index (χ1) is 25.0. The minimum atomic E-state index is -0.461. The number of amides is 3. The van der Waals surface area contributed by atoms with E-state index in [1.54, 1.807) is 24.3 Å². The minimum absolute atomic E-state index is 0.0187. The first kappa shape index (κ1) is 38.7. The Hall–Kier alpha value is -5.10. The van der Waals surface area contributed by atoms with Crippen LogP contribution in [0, 0.1) is 5.41 Å². The molecule has 0 saturated heterocycles. The highest BCUT2D eigenvalue weighted by molar-refractivity contribution is 6.22. The van der Waals surface area contributed by atoms with Crippen molar-refractivity contribution < 1.29 is 47.5 Å². The predicted octanol–water partition coefficient (Wildman–Crippen LogP) is 3.58. The van der Waals surface area contributed by atoms with Gasteiger partial charge >= 0.3 is 0 Å². The topological polar surface area (TPSA) is 244 Å². The number of ether oxygens (including phenoxy) is 7. The zero-order valence-electron chi connectivity index (χ0n) is 27.9. The summed E-state index contributed by atoms with van der Waals surface area (Å²) in [5.41, 5.74) is 17.6. The molecule has 19 heteroatoms. The van der Waals surface area contributed by atoms with E-state index in [2.05, 4.69) is 20.1 Å². The summed E-state index contributed by atoms with van der Waals surface area (Å²) in [7, 11) is 0. The van der Waals surface area contributed by atoms with E-state index >= 15 is 0 Å². The molecule has 0 spiro atoms. The van der Waals surface area contributed by atoms with Crippen LogP contribution in [0.3, 0.4) is 0 Å². The number of hydrogen-bond acceptors (Lipinski definition) is 13. The van der Waals surface area contributed by atoms with Gasteiger partial charge in [-0.1, -0.05) is 10.2 Å². The maximum absolute atomic E-state index is 13.1. The van der Waals surface area contributed by atoms with Crippen molar-refractivity contribution in [3.05, 3.63) is 79.5 Å². The van der Waals surface area contributed by atoms with Crippen molar-refractivity contribution in [3.63, 3.8) is 0 Å². The third kappa shape index (κ3) is 11.5. The molecule has 0 saturated carbocycles. The number of fused-ring (bicyclic) bond motifs is 2. The van der Waals surface area contributed by atoms with Crippen LogP contribution in [0.5, 0.6) is 11.5 Å². The molecule has 0 bridgehead atoms. The highest BCUT2D eigenvalue weighted by Gasteiger charge is 2.36. The summed E-state index contributed by atoms with van der Waals surface area (Å²) in [5.74, 6) is -0.517. The standard InChI is InChI=1S/C32H39N9O10/c33-29-27-21-23(1-3-25(27)30(42)40(29)7-11-47-15-19-49-17-13-45-9-5-36-38-34)51-24-2-4-26-28(22-24)32(44)41(31(26)43)8-12-48-16-20-50-18-14-46-10-6-37-39-35/h1-4,21-22,33H,5-20H2. The molecule has 3 amide bonds. The lowest BCUT2D eigenvalue weighted by molar-refractivity contribution is 0.0124. The normalized spacial score (nSPS) is 13.3. The maximum atomic E-state index is 13.1. The fraction of sp³-hybridized carbons (Fsp3) is 0.500. The van der Waals surface area contributed by atoms with Gasteiger partial charge in [-0.25, -0.2) is 0 Å². The molecule has 2 aliphatic heterocycles. The van der Waals surface area contributed by atoms with Gasteiger partial charge in [-0.3, -0.25) is 29.6 Å². The Bertz CT molecular complexity index is 1510. The molecule has 2 heterocycles. The average molecular weight is 710 g/mol. The molecule has 4 rings (SSSR count). The minimum Gasteiger partial charge on any atom is -0.457 e. The fourth-order valence-electron chi connectivity index (χ4n) is 4.94. The quantitative estimate of drug-likeness (QED) is 0.0489. The number of imide groups is 1. The lowest BCUT2D eigenvalue weighted by Crippen LogP contribution is -2.33. The molecule has 51 heavy (non-hydrogen) atoms. The van der Waals surface area contributed by atoms with Crippen molar-refractivity contribution in [2.24, 2.45) is 10.2 Å². The van der Waals surface area contributed by atoms with Gasteiger partial charge in [-0.2, -0.15) is 0 Å². The summed E-state index contributed by atoms with van der Waals surface area (Å²) in [6, 6.07) is 9.39. The summed E-state index contributed by atoms with van der Waals surface area (Å²) in [6.45, 7) is 4.40. The van der Waals surface area contributed by atoms with E-state index in [-0.39, 0.29) is 68.9 Å². The Morgan fingerprint density at radius 3 is 1.43 bits per heavy atom. The van der Waals surface area contributed by atoms with Gasteiger partial charge in [0.25, 0.3) is 17.7 Å². The van der Waals surface area contributed by atoms with Gasteiger partial charge < -0.3 is 33.2 Å². The van der Waals surface area contributed by atoms with Gasteiger partial charge in [-0.05, 0) is 47.5 Å². The Morgan fingerprint density at radius 1 is 0.529 bits per heavy atom. The van der Waals surface area contributed by atoms with Crippen LogP contribution in [0.4, 0.5) is 0 Å². The maximum Gasteiger partial charge on any atom is 0.261 e. The van der Waals surface area contributed by atoms with Crippen LogP contribution in [-0.2, 0) is 28.4 Å².